The van der Waals surface area contributed by atoms with E-state index in [4.69, 9.17) is 0 Å². The minimum absolute atomic E-state index is 0.314. The normalized spacial score (nSPS) is 17.3. The molecule has 0 aliphatic heterocycles. The van der Waals surface area contributed by atoms with Gasteiger partial charge in [0.25, 0.3) is 0 Å². The molecule has 5 aromatic rings. The molecule has 0 heterocycles. The van der Waals surface area contributed by atoms with E-state index in [9.17, 15) is 0 Å². The van der Waals surface area contributed by atoms with Gasteiger partial charge in [0.15, 0.2) is 0 Å². The number of benzene rings is 5. The van der Waals surface area contributed by atoms with Gasteiger partial charge in [0.1, 0.15) is 0 Å². The molecule has 0 N–H and O–H groups in total. The van der Waals surface area contributed by atoms with E-state index in [0.717, 1.165) is 0 Å². The average molecular weight is 552 g/mol. The molecule has 165 valence electrons. The van der Waals surface area contributed by atoms with Crippen molar-refractivity contribution < 1.29 is 0 Å². The molecule has 35 heavy (non-hydrogen) atoms. The van der Waals surface area contributed by atoms with Gasteiger partial charge in [-0.3, -0.25) is 0 Å². The van der Waals surface area contributed by atoms with Gasteiger partial charge in [-0.1, -0.05) is 0 Å². The standard InChI is InChI=1S/C22H15.2C6H5.Sn/c1-3-8-17-15(6-1)12-13-21(17)20-11-5-10-19-18-9-4-2-7-16(18)14-22(19)20;2*1-2-4-6-5-3-1;/h1-14,21H;2*1-5H;. The molecular formula is C34H25Sn. The Hall–Kier alpha value is -3.36. The van der Waals surface area contributed by atoms with E-state index in [1.54, 1.807) is 12.7 Å². The minimum atomic E-state index is -2.45. The van der Waals surface area contributed by atoms with Crippen LogP contribution in [0.1, 0.15) is 37.7 Å². The summed E-state index contributed by atoms with van der Waals surface area (Å²) in [6.07, 6.45) is 4.72. The first-order chi connectivity index (χ1) is 17.4. The second kappa shape index (κ2) is 8.69. The molecular weight excluding hydrogens is 527 g/mol. The fraction of sp³-hybridized carbons (Fsp3) is 0.0588. The topological polar surface area (TPSA) is 0 Å². The molecule has 0 amide bonds. The Labute approximate surface area is 214 Å². The zero-order valence-corrected chi connectivity index (χ0v) is 22.3. The van der Waals surface area contributed by atoms with Crippen LogP contribution in [0.3, 0.4) is 0 Å². The van der Waals surface area contributed by atoms with Crippen molar-refractivity contribution in [2.75, 3.05) is 0 Å². The van der Waals surface area contributed by atoms with Crippen LogP contribution in [0.2, 0.25) is 0 Å². The van der Waals surface area contributed by atoms with Crippen molar-refractivity contribution >= 4 is 33.0 Å². The molecule has 0 saturated heterocycles. The second-order valence-electron chi connectivity index (χ2n) is 9.44. The van der Waals surface area contributed by atoms with Crippen LogP contribution in [0.4, 0.5) is 0 Å². The zero-order valence-electron chi connectivity index (χ0n) is 19.4. The summed E-state index contributed by atoms with van der Waals surface area (Å²) in [5.41, 5.74) is 10.2. The van der Waals surface area contributed by atoms with E-state index < -0.39 is 19.8 Å². The first-order valence-electron chi connectivity index (χ1n) is 12.4. The van der Waals surface area contributed by atoms with Crippen molar-refractivity contribution in [3.8, 4) is 11.1 Å². The Morgan fingerprint density at radius 2 is 1.03 bits per heavy atom. The summed E-state index contributed by atoms with van der Waals surface area (Å²) in [6.45, 7) is 0. The quantitative estimate of drug-likeness (QED) is 0.215. The predicted molar refractivity (Wildman–Crippen MR) is 149 cm³/mol. The van der Waals surface area contributed by atoms with Crippen LogP contribution < -0.4 is 7.16 Å². The van der Waals surface area contributed by atoms with Gasteiger partial charge in [0.2, 0.25) is 0 Å². The number of hydrogen-bond donors (Lipinski definition) is 0. The molecule has 0 aromatic heterocycles. The SMILES string of the molecule is C1=CC(c2cccc3c2[CH]([Sn]([c]2ccccc2)[c]2ccccc2)c2ccccc2-3)c2ccccc21. The van der Waals surface area contributed by atoms with E-state index in [1.807, 2.05) is 0 Å². The molecule has 0 nitrogen and oxygen atoms in total. The summed E-state index contributed by atoms with van der Waals surface area (Å²) in [5.74, 6) is 0.314. The van der Waals surface area contributed by atoms with Gasteiger partial charge in [-0.2, -0.15) is 0 Å². The van der Waals surface area contributed by atoms with Crippen LogP contribution in [0.5, 0.6) is 0 Å². The van der Waals surface area contributed by atoms with Crippen molar-refractivity contribution in [3.63, 3.8) is 0 Å². The third-order valence-corrected chi connectivity index (χ3v) is 16.4. The summed E-state index contributed by atoms with van der Waals surface area (Å²) >= 11 is -2.45. The molecule has 0 spiro atoms. The van der Waals surface area contributed by atoms with Gasteiger partial charge in [-0.25, -0.2) is 0 Å². The third kappa shape index (κ3) is 3.43. The Kier molecular flexibility index (Phi) is 5.21. The predicted octanol–water partition coefficient (Wildman–Crippen LogP) is 6.81. The third-order valence-electron chi connectivity index (χ3n) is 7.58. The molecule has 2 atom stereocenters. The first kappa shape index (κ1) is 21.0. The van der Waals surface area contributed by atoms with Crippen molar-refractivity contribution in [2.45, 2.75) is 9.85 Å². The fourth-order valence-electron chi connectivity index (χ4n) is 6.12. The van der Waals surface area contributed by atoms with Gasteiger partial charge in [-0.05, 0) is 0 Å². The molecule has 0 fully saturated rings. The van der Waals surface area contributed by atoms with E-state index >= 15 is 0 Å². The summed E-state index contributed by atoms with van der Waals surface area (Å²) in [4.78, 5) is 0. The summed E-state index contributed by atoms with van der Waals surface area (Å²) in [6, 6.07) is 47.8. The summed E-state index contributed by atoms with van der Waals surface area (Å²) < 4.78 is 3.57. The first-order valence-corrected chi connectivity index (χ1v) is 16.9. The van der Waals surface area contributed by atoms with Crippen molar-refractivity contribution in [2.24, 2.45) is 0 Å². The van der Waals surface area contributed by atoms with Crippen LogP contribution in [0.15, 0.2) is 133 Å². The zero-order chi connectivity index (χ0) is 23.2. The van der Waals surface area contributed by atoms with Gasteiger partial charge < -0.3 is 0 Å². The number of allylic oxidation sites excluding steroid dienone is 1. The van der Waals surface area contributed by atoms with Crippen molar-refractivity contribution in [1.82, 2.24) is 0 Å². The number of fused-ring (bicyclic) bond motifs is 4. The molecule has 2 unspecified atom stereocenters. The molecule has 2 aliphatic carbocycles. The maximum atomic E-state index is 2.41. The Morgan fingerprint density at radius 3 is 1.77 bits per heavy atom. The van der Waals surface area contributed by atoms with E-state index in [-0.39, 0.29) is 0 Å². The molecule has 1 heteroatoms. The van der Waals surface area contributed by atoms with E-state index in [0.29, 0.717) is 9.85 Å². The van der Waals surface area contributed by atoms with Crippen molar-refractivity contribution in [3.05, 3.63) is 161 Å². The molecule has 0 saturated carbocycles. The Balaban J connectivity index is 1.50. The van der Waals surface area contributed by atoms with E-state index in [2.05, 4.69) is 140 Å². The second-order valence-corrected chi connectivity index (χ2v) is 16.7. The maximum absolute atomic E-state index is 2.45. The average Bonchev–Trinajstić information content (AvgIpc) is 3.50. The van der Waals surface area contributed by atoms with E-state index in [1.165, 1.54) is 33.4 Å². The summed E-state index contributed by atoms with van der Waals surface area (Å²) in [7, 11) is 0. The monoisotopic (exact) mass is 553 g/mol. The van der Waals surface area contributed by atoms with Crippen LogP contribution in [0.25, 0.3) is 17.2 Å². The Bertz CT molecular complexity index is 1510. The van der Waals surface area contributed by atoms with Crippen LogP contribution in [-0.4, -0.2) is 19.8 Å². The summed E-state index contributed by atoms with van der Waals surface area (Å²) in [5, 5.41) is 0. The van der Waals surface area contributed by atoms with Gasteiger partial charge in [0, 0.05) is 0 Å². The molecule has 2 aliphatic rings. The number of rotatable bonds is 4. The van der Waals surface area contributed by atoms with Gasteiger partial charge >= 0.3 is 215 Å². The molecule has 5 aromatic carbocycles. The molecule has 7 rings (SSSR count). The molecule has 0 bridgehead atoms. The molecule has 1 radical (unpaired) electrons. The van der Waals surface area contributed by atoms with Crippen LogP contribution >= 0.6 is 0 Å². The van der Waals surface area contributed by atoms with Gasteiger partial charge in [-0.15, -0.1) is 0 Å². The number of hydrogen-bond acceptors (Lipinski definition) is 0. The van der Waals surface area contributed by atoms with Crippen molar-refractivity contribution in [1.29, 1.82) is 0 Å². The van der Waals surface area contributed by atoms with Gasteiger partial charge in [0.05, 0.1) is 0 Å². The van der Waals surface area contributed by atoms with Crippen LogP contribution in [-0.2, 0) is 0 Å². The Morgan fingerprint density at radius 1 is 0.457 bits per heavy atom. The van der Waals surface area contributed by atoms with Crippen LogP contribution in [0, 0.1) is 0 Å². The fourth-order valence-corrected chi connectivity index (χ4v) is 15.5.